The Morgan fingerprint density at radius 1 is 1.15 bits per heavy atom. The van der Waals surface area contributed by atoms with Gasteiger partial charge in [-0.25, -0.2) is 9.78 Å². The Balaban J connectivity index is 1.98. The first-order valence-electron chi connectivity index (χ1n) is 10.5. The lowest BCUT2D eigenvalue weighted by Gasteiger charge is -2.22. The Morgan fingerprint density at radius 2 is 1.88 bits per heavy atom. The summed E-state index contributed by atoms with van der Waals surface area (Å²) in [7, 11) is 4.62. The summed E-state index contributed by atoms with van der Waals surface area (Å²) in [5.74, 6) is -0.627. The van der Waals surface area contributed by atoms with Crippen LogP contribution in [-0.2, 0) is 20.8 Å². The highest BCUT2D eigenvalue weighted by Gasteiger charge is 2.23. The number of rotatable bonds is 9. The van der Waals surface area contributed by atoms with Gasteiger partial charge in [0, 0.05) is 33.0 Å². The van der Waals surface area contributed by atoms with E-state index in [1.54, 1.807) is 42.7 Å². The van der Waals surface area contributed by atoms with Gasteiger partial charge in [0.15, 0.2) is 5.16 Å². The van der Waals surface area contributed by atoms with Gasteiger partial charge in [-0.15, -0.1) is 0 Å². The number of carbonyl (C=O) groups excluding carboxylic acids is 2. The molecule has 1 aromatic heterocycles. The molecule has 0 aliphatic heterocycles. The fourth-order valence-electron chi connectivity index (χ4n) is 3.36. The molecule has 0 saturated carbocycles. The van der Waals surface area contributed by atoms with E-state index < -0.39 is 11.2 Å². The summed E-state index contributed by atoms with van der Waals surface area (Å²) >= 11 is 1.21. The minimum atomic E-state index is -0.509. The molecule has 1 heterocycles. The molecule has 0 fully saturated rings. The van der Waals surface area contributed by atoms with Crippen molar-refractivity contribution in [3.05, 3.63) is 64.4 Å². The molecule has 3 rings (SSSR count). The molecule has 8 nitrogen and oxygen atoms in total. The van der Waals surface area contributed by atoms with Crippen LogP contribution in [0.4, 0.5) is 5.69 Å². The van der Waals surface area contributed by atoms with Crippen LogP contribution in [0, 0.1) is 0 Å². The van der Waals surface area contributed by atoms with Crippen molar-refractivity contribution in [3.63, 3.8) is 0 Å². The predicted octanol–water partition coefficient (Wildman–Crippen LogP) is 3.36. The van der Waals surface area contributed by atoms with Crippen LogP contribution in [0.5, 0.6) is 0 Å². The number of carbonyl (C=O) groups is 2. The first kappa shape index (κ1) is 24.5. The SMILES string of the molecule is COCCCn1c(SC(C)C(=O)N(C)c2ccccc2)nc2cc(C(=O)OC)ccc2c1=O. The van der Waals surface area contributed by atoms with Crippen LogP contribution < -0.4 is 10.5 Å². The Labute approximate surface area is 196 Å². The van der Waals surface area contributed by atoms with Crippen LogP contribution in [0.15, 0.2) is 58.5 Å². The Bertz CT molecular complexity index is 1200. The number of ether oxygens (including phenoxy) is 2. The van der Waals surface area contributed by atoms with Gasteiger partial charge in [0.25, 0.3) is 5.56 Å². The summed E-state index contributed by atoms with van der Waals surface area (Å²) in [4.78, 5) is 44.5. The molecular weight excluding hydrogens is 442 g/mol. The number of nitrogens with zero attached hydrogens (tertiary/aromatic N) is 3. The summed E-state index contributed by atoms with van der Waals surface area (Å²) in [5, 5.41) is 0.301. The number of esters is 1. The molecule has 1 atom stereocenters. The smallest absolute Gasteiger partial charge is 0.337 e. The van der Waals surface area contributed by atoms with E-state index in [9.17, 15) is 14.4 Å². The molecule has 0 saturated heterocycles. The molecule has 174 valence electrons. The van der Waals surface area contributed by atoms with E-state index in [0.29, 0.717) is 41.2 Å². The summed E-state index contributed by atoms with van der Waals surface area (Å²) < 4.78 is 11.5. The maximum atomic E-state index is 13.3. The zero-order valence-electron chi connectivity index (χ0n) is 19.1. The average Bonchev–Trinajstić information content (AvgIpc) is 2.84. The highest BCUT2D eigenvalue weighted by atomic mass is 32.2. The predicted molar refractivity (Wildman–Crippen MR) is 129 cm³/mol. The van der Waals surface area contributed by atoms with Crippen molar-refractivity contribution in [2.24, 2.45) is 0 Å². The monoisotopic (exact) mass is 469 g/mol. The van der Waals surface area contributed by atoms with Crippen molar-refractivity contribution in [2.45, 2.75) is 30.3 Å². The lowest BCUT2D eigenvalue weighted by atomic mass is 10.1. The number of hydrogen-bond acceptors (Lipinski definition) is 7. The molecule has 1 unspecified atom stereocenters. The van der Waals surface area contributed by atoms with Crippen molar-refractivity contribution in [1.29, 1.82) is 0 Å². The first-order valence-corrected chi connectivity index (χ1v) is 11.4. The number of anilines is 1. The summed E-state index contributed by atoms with van der Waals surface area (Å²) in [6.07, 6.45) is 0.615. The molecule has 0 radical (unpaired) electrons. The molecule has 3 aromatic rings. The number of benzene rings is 2. The summed E-state index contributed by atoms with van der Waals surface area (Å²) in [6, 6.07) is 14.0. The third kappa shape index (κ3) is 5.61. The van der Waals surface area contributed by atoms with Gasteiger partial charge >= 0.3 is 5.97 Å². The minimum absolute atomic E-state index is 0.118. The largest absolute Gasteiger partial charge is 0.465 e. The lowest BCUT2D eigenvalue weighted by Crippen LogP contribution is -2.34. The van der Waals surface area contributed by atoms with Gasteiger partial charge in [-0.1, -0.05) is 30.0 Å². The Morgan fingerprint density at radius 3 is 2.55 bits per heavy atom. The van der Waals surface area contributed by atoms with Crippen molar-refractivity contribution in [1.82, 2.24) is 9.55 Å². The van der Waals surface area contributed by atoms with E-state index in [2.05, 4.69) is 4.98 Å². The van der Waals surface area contributed by atoms with E-state index >= 15 is 0 Å². The van der Waals surface area contributed by atoms with E-state index in [1.807, 2.05) is 30.3 Å². The maximum Gasteiger partial charge on any atom is 0.337 e. The van der Waals surface area contributed by atoms with Crippen LogP contribution in [0.25, 0.3) is 10.9 Å². The van der Waals surface area contributed by atoms with Gasteiger partial charge in [0.2, 0.25) is 5.91 Å². The number of thioether (sulfide) groups is 1. The number of fused-ring (bicyclic) bond motifs is 1. The molecule has 0 aliphatic rings. The maximum absolute atomic E-state index is 13.3. The van der Waals surface area contributed by atoms with Gasteiger partial charge in [0.1, 0.15) is 0 Å². The highest BCUT2D eigenvalue weighted by Crippen LogP contribution is 2.26. The fourth-order valence-corrected chi connectivity index (χ4v) is 4.39. The third-order valence-corrected chi connectivity index (χ3v) is 6.25. The van der Waals surface area contributed by atoms with Gasteiger partial charge in [0.05, 0.1) is 28.8 Å². The molecule has 9 heteroatoms. The third-order valence-electron chi connectivity index (χ3n) is 5.18. The van der Waals surface area contributed by atoms with Crippen LogP contribution in [0.1, 0.15) is 23.7 Å². The first-order chi connectivity index (χ1) is 15.9. The molecule has 0 N–H and O–H groups in total. The molecule has 2 aromatic carbocycles. The molecular formula is C24H27N3O5S. The Hall–Kier alpha value is -3.17. The molecule has 0 bridgehead atoms. The van der Waals surface area contributed by atoms with E-state index in [-0.39, 0.29) is 11.5 Å². The van der Waals surface area contributed by atoms with Gasteiger partial charge in [-0.2, -0.15) is 0 Å². The van der Waals surface area contributed by atoms with E-state index in [0.717, 1.165) is 5.69 Å². The van der Waals surface area contributed by atoms with E-state index in [4.69, 9.17) is 9.47 Å². The van der Waals surface area contributed by atoms with Gasteiger partial charge in [-0.05, 0) is 43.7 Å². The topological polar surface area (TPSA) is 90.7 Å². The molecule has 1 amide bonds. The van der Waals surface area contributed by atoms with Crippen molar-refractivity contribution in [3.8, 4) is 0 Å². The van der Waals surface area contributed by atoms with Gasteiger partial charge < -0.3 is 14.4 Å². The quantitative estimate of drug-likeness (QED) is 0.205. The van der Waals surface area contributed by atoms with Crippen LogP contribution in [0.2, 0.25) is 0 Å². The number of amides is 1. The zero-order chi connectivity index (χ0) is 24.0. The Kier molecular flexibility index (Phi) is 8.24. The number of para-hydroxylation sites is 1. The lowest BCUT2D eigenvalue weighted by molar-refractivity contribution is -0.117. The van der Waals surface area contributed by atoms with Crippen LogP contribution >= 0.6 is 11.8 Å². The molecule has 0 spiro atoms. The summed E-state index contributed by atoms with van der Waals surface area (Å²) in [6.45, 7) is 2.67. The average molecular weight is 470 g/mol. The van der Waals surface area contributed by atoms with Crippen LogP contribution in [0.3, 0.4) is 0 Å². The highest BCUT2D eigenvalue weighted by molar-refractivity contribution is 8.00. The second kappa shape index (κ2) is 11.1. The number of aromatic nitrogens is 2. The van der Waals surface area contributed by atoms with E-state index in [1.165, 1.54) is 24.9 Å². The second-order valence-corrected chi connectivity index (χ2v) is 8.72. The molecule has 0 aliphatic carbocycles. The summed E-state index contributed by atoms with van der Waals surface area (Å²) in [5.41, 5.74) is 1.23. The van der Waals surface area contributed by atoms with Crippen molar-refractivity contribution in [2.75, 3.05) is 32.8 Å². The minimum Gasteiger partial charge on any atom is -0.465 e. The standard InChI is InChI=1S/C24H27N3O5S/c1-16(21(28)26(2)18-9-6-5-7-10-18)33-24-25-20-15-17(23(30)32-4)11-12-19(20)22(29)27(24)13-8-14-31-3/h5-7,9-12,15-16H,8,13-14H2,1-4H3. The number of hydrogen-bond donors (Lipinski definition) is 0. The zero-order valence-corrected chi connectivity index (χ0v) is 19.9. The number of methoxy groups -OCH3 is 2. The van der Waals surface area contributed by atoms with Crippen LogP contribution in [-0.4, -0.2) is 54.6 Å². The second-order valence-electron chi connectivity index (χ2n) is 7.41. The van der Waals surface area contributed by atoms with Crippen molar-refractivity contribution < 1.29 is 19.1 Å². The normalized spacial score (nSPS) is 11.9. The molecule has 33 heavy (non-hydrogen) atoms. The van der Waals surface area contributed by atoms with Crippen molar-refractivity contribution >= 4 is 40.2 Å². The van der Waals surface area contributed by atoms with Gasteiger partial charge in [-0.3, -0.25) is 14.2 Å². The fraction of sp³-hybridized carbons (Fsp3) is 0.333.